The van der Waals surface area contributed by atoms with E-state index < -0.39 is 0 Å². The molecule has 0 bridgehead atoms. The van der Waals surface area contributed by atoms with E-state index in [4.69, 9.17) is 12.2 Å². The van der Waals surface area contributed by atoms with Crippen LogP contribution in [-0.2, 0) is 0 Å². The first-order valence-electron chi connectivity index (χ1n) is 3.57. The Balaban J connectivity index is 2.28. The zero-order chi connectivity index (χ0) is 7.68. The molecule has 11 heavy (non-hydrogen) atoms. The van der Waals surface area contributed by atoms with Gasteiger partial charge in [0.15, 0.2) is 4.77 Å². The second-order valence-electron chi connectivity index (χ2n) is 2.59. The maximum absolute atomic E-state index is 5.06. The van der Waals surface area contributed by atoms with Crippen molar-refractivity contribution in [2.24, 2.45) is 0 Å². The lowest BCUT2D eigenvalue weighted by Gasteiger charge is -2.07. The van der Waals surface area contributed by atoms with Crippen LogP contribution in [0, 0.1) is 4.77 Å². The molecule has 2 rings (SSSR count). The molecule has 1 aliphatic rings. The van der Waals surface area contributed by atoms with Gasteiger partial charge in [0.25, 0.3) is 0 Å². The van der Waals surface area contributed by atoms with Gasteiger partial charge in [0.2, 0.25) is 0 Å². The summed E-state index contributed by atoms with van der Waals surface area (Å²) < 4.78 is 2.80. The lowest BCUT2D eigenvalue weighted by molar-refractivity contribution is 0.552. The van der Waals surface area contributed by atoms with E-state index in [0.717, 1.165) is 4.77 Å². The van der Waals surface area contributed by atoms with E-state index in [1.165, 1.54) is 17.9 Å². The minimum absolute atomic E-state index is 0.575. The Hall–Kier alpha value is -0.290. The van der Waals surface area contributed by atoms with E-state index in [9.17, 15) is 0 Å². The van der Waals surface area contributed by atoms with E-state index in [0.29, 0.717) is 6.04 Å². The number of aromatic nitrogens is 3. The maximum atomic E-state index is 5.06. The Bertz CT molecular complexity index is 284. The number of thioether (sulfide) groups is 1. The van der Waals surface area contributed by atoms with Crippen LogP contribution in [-0.4, -0.2) is 26.3 Å². The summed E-state index contributed by atoms with van der Waals surface area (Å²) in [5.74, 6) is 2.42. The van der Waals surface area contributed by atoms with Crippen molar-refractivity contribution in [3.8, 4) is 0 Å². The molecule has 1 unspecified atom stereocenters. The lowest BCUT2D eigenvalue weighted by atomic mass is 10.3. The van der Waals surface area contributed by atoms with E-state index in [1.807, 2.05) is 11.8 Å². The monoisotopic (exact) mass is 187 g/mol. The normalized spacial score (nSPS) is 24.2. The molecule has 1 aromatic rings. The van der Waals surface area contributed by atoms with Crippen molar-refractivity contribution in [1.82, 2.24) is 14.8 Å². The highest BCUT2D eigenvalue weighted by Crippen LogP contribution is 2.27. The fourth-order valence-electron chi connectivity index (χ4n) is 1.26. The maximum Gasteiger partial charge on any atom is 0.195 e. The van der Waals surface area contributed by atoms with Crippen molar-refractivity contribution >= 4 is 24.0 Å². The molecule has 3 nitrogen and oxygen atoms in total. The molecule has 1 aromatic heterocycles. The molecule has 0 spiro atoms. The van der Waals surface area contributed by atoms with Gasteiger partial charge >= 0.3 is 0 Å². The van der Waals surface area contributed by atoms with Gasteiger partial charge in [0.1, 0.15) is 6.33 Å². The number of aromatic amines is 1. The van der Waals surface area contributed by atoms with Gasteiger partial charge in [-0.25, -0.2) is 0 Å². The Morgan fingerprint density at radius 2 is 2.73 bits per heavy atom. The standard InChI is InChI=1S/C6H9N3S2/c10-6-8-7-4-9(6)5-1-2-11-3-5/h4-5H,1-3H2,(H,8,10). The quantitative estimate of drug-likeness (QED) is 0.678. The van der Waals surface area contributed by atoms with Crippen molar-refractivity contribution in [3.63, 3.8) is 0 Å². The van der Waals surface area contributed by atoms with Crippen LogP contribution < -0.4 is 0 Å². The minimum atomic E-state index is 0.575. The first kappa shape index (κ1) is 7.36. The number of rotatable bonds is 1. The molecule has 0 saturated carbocycles. The van der Waals surface area contributed by atoms with Gasteiger partial charge in [-0.05, 0) is 24.4 Å². The second-order valence-corrected chi connectivity index (χ2v) is 4.12. The highest BCUT2D eigenvalue weighted by Gasteiger charge is 2.17. The molecule has 1 saturated heterocycles. The summed E-state index contributed by atoms with van der Waals surface area (Å²) in [6, 6.07) is 0.575. The highest BCUT2D eigenvalue weighted by atomic mass is 32.2. The first-order chi connectivity index (χ1) is 5.38. The summed E-state index contributed by atoms with van der Waals surface area (Å²) in [4.78, 5) is 0. The summed E-state index contributed by atoms with van der Waals surface area (Å²) >= 11 is 7.04. The third kappa shape index (κ3) is 1.35. The molecule has 60 valence electrons. The number of nitrogens with zero attached hydrogens (tertiary/aromatic N) is 2. The van der Waals surface area contributed by atoms with E-state index in [2.05, 4.69) is 14.8 Å². The molecule has 1 fully saturated rings. The predicted octanol–water partition coefficient (Wildman–Crippen LogP) is 1.62. The Labute approximate surface area is 74.2 Å². The number of hydrogen-bond acceptors (Lipinski definition) is 3. The fraction of sp³-hybridized carbons (Fsp3) is 0.667. The van der Waals surface area contributed by atoms with Gasteiger partial charge in [-0.2, -0.15) is 16.9 Å². The van der Waals surface area contributed by atoms with Crippen LogP contribution in [0.2, 0.25) is 0 Å². The van der Waals surface area contributed by atoms with Gasteiger partial charge in [-0.1, -0.05) is 0 Å². The lowest BCUT2D eigenvalue weighted by Crippen LogP contribution is -2.06. The molecule has 1 aliphatic heterocycles. The molecule has 5 heteroatoms. The van der Waals surface area contributed by atoms with Crippen LogP contribution in [0.5, 0.6) is 0 Å². The van der Waals surface area contributed by atoms with Gasteiger partial charge in [0.05, 0.1) is 0 Å². The van der Waals surface area contributed by atoms with E-state index in [1.54, 1.807) is 6.33 Å². The van der Waals surface area contributed by atoms with Crippen LogP contribution in [0.3, 0.4) is 0 Å². The first-order valence-corrected chi connectivity index (χ1v) is 5.13. The highest BCUT2D eigenvalue weighted by molar-refractivity contribution is 7.99. The summed E-state index contributed by atoms with van der Waals surface area (Å²) in [5.41, 5.74) is 0. The smallest absolute Gasteiger partial charge is 0.195 e. The third-order valence-corrected chi connectivity index (χ3v) is 3.32. The average Bonchev–Trinajstić information content (AvgIpc) is 2.55. The van der Waals surface area contributed by atoms with Crippen LogP contribution in [0.25, 0.3) is 0 Å². The van der Waals surface area contributed by atoms with E-state index >= 15 is 0 Å². The van der Waals surface area contributed by atoms with Crippen molar-refractivity contribution in [2.75, 3.05) is 11.5 Å². The van der Waals surface area contributed by atoms with Crippen LogP contribution in [0.15, 0.2) is 6.33 Å². The minimum Gasteiger partial charge on any atom is -0.303 e. The summed E-state index contributed by atoms with van der Waals surface area (Å²) in [7, 11) is 0. The van der Waals surface area contributed by atoms with Gasteiger partial charge in [0, 0.05) is 11.8 Å². The van der Waals surface area contributed by atoms with Crippen LogP contribution in [0.1, 0.15) is 12.5 Å². The van der Waals surface area contributed by atoms with Gasteiger partial charge < -0.3 is 4.57 Å². The van der Waals surface area contributed by atoms with Gasteiger partial charge in [-0.15, -0.1) is 0 Å². The Morgan fingerprint density at radius 3 is 3.27 bits per heavy atom. The zero-order valence-electron chi connectivity index (χ0n) is 5.99. The molecule has 1 N–H and O–H groups in total. The Morgan fingerprint density at radius 1 is 1.82 bits per heavy atom. The second kappa shape index (κ2) is 2.98. The summed E-state index contributed by atoms with van der Waals surface area (Å²) in [6.07, 6.45) is 3.01. The van der Waals surface area contributed by atoms with Crippen molar-refractivity contribution < 1.29 is 0 Å². The fourth-order valence-corrected chi connectivity index (χ4v) is 2.71. The van der Waals surface area contributed by atoms with Gasteiger partial charge in [-0.3, -0.25) is 5.10 Å². The molecular weight excluding hydrogens is 178 g/mol. The average molecular weight is 187 g/mol. The number of nitrogens with one attached hydrogen (secondary N) is 1. The molecule has 0 radical (unpaired) electrons. The number of hydrogen-bond donors (Lipinski definition) is 1. The molecule has 0 aliphatic carbocycles. The number of H-pyrrole nitrogens is 1. The SMILES string of the molecule is S=c1[nH]ncn1C1CCSC1. The molecule has 0 aromatic carbocycles. The molecule has 2 heterocycles. The molecule has 0 amide bonds. The summed E-state index contributed by atoms with van der Waals surface area (Å²) in [5, 5.41) is 6.65. The molecular formula is C6H9N3S2. The topological polar surface area (TPSA) is 33.6 Å². The van der Waals surface area contributed by atoms with Crippen LogP contribution in [0.4, 0.5) is 0 Å². The molecule has 1 atom stereocenters. The van der Waals surface area contributed by atoms with Crippen molar-refractivity contribution in [2.45, 2.75) is 12.5 Å². The largest absolute Gasteiger partial charge is 0.303 e. The Kier molecular flexibility index (Phi) is 2.00. The predicted molar refractivity (Wildman–Crippen MR) is 48.4 cm³/mol. The third-order valence-electron chi connectivity index (χ3n) is 1.88. The van der Waals surface area contributed by atoms with Crippen molar-refractivity contribution in [1.29, 1.82) is 0 Å². The van der Waals surface area contributed by atoms with Crippen LogP contribution >= 0.6 is 24.0 Å². The zero-order valence-corrected chi connectivity index (χ0v) is 7.62. The summed E-state index contributed by atoms with van der Waals surface area (Å²) in [6.45, 7) is 0. The van der Waals surface area contributed by atoms with Crippen molar-refractivity contribution in [3.05, 3.63) is 11.1 Å². The van der Waals surface area contributed by atoms with E-state index in [-0.39, 0.29) is 0 Å².